The van der Waals surface area contributed by atoms with E-state index < -0.39 is 12.1 Å². The fraction of sp³-hybridized carbons (Fsp3) is 0.462. The van der Waals surface area contributed by atoms with E-state index in [9.17, 15) is 9.59 Å². The largest absolute Gasteiger partial charge is 0.481 e. The summed E-state index contributed by atoms with van der Waals surface area (Å²) in [5.41, 5.74) is 0.998. The molecular weight excluding hydrogens is 248 g/mol. The summed E-state index contributed by atoms with van der Waals surface area (Å²) in [6.45, 7) is 2.58. The van der Waals surface area contributed by atoms with Crippen LogP contribution in [0.5, 0.6) is 0 Å². The highest BCUT2D eigenvalue weighted by molar-refractivity contribution is 5.94. The average molecular weight is 264 g/mol. The van der Waals surface area contributed by atoms with Gasteiger partial charge in [-0.2, -0.15) is 0 Å². The summed E-state index contributed by atoms with van der Waals surface area (Å²) in [5, 5.41) is 11.3. The number of aromatic nitrogens is 1. The number of hydrogen-bond donors (Lipinski definition) is 2. The normalized spacial score (nSPS) is 22.2. The van der Waals surface area contributed by atoms with Gasteiger partial charge in [0.15, 0.2) is 0 Å². The van der Waals surface area contributed by atoms with Gasteiger partial charge in [0.2, 0.25) is 0 Å². The molecule has 102 valence electrons. The SMILES string of the molecule is CC1CCOC1C(=O)Nc1ccc(CC(=O)O)nc1. The van der Waals surface area contributed by atoms with Gasteiger partial charge in [0.25, 0.3) is 5.91 Å². The third kappa shape index (κ3) is 3.51. The van der Waals surface area contributed by atoms with E-state index >= 15 is 0 Å². The Balaban J connectivity index is 1.95. The van der Waals surface area contributed by atoms with Gasteiger partial charge in [0, 0.05) is 6.61 Å². The molecule has 6 nitrogen and oxygen atoms in total. The lowest BCUT2D eigenvalue weighted by Crippen LogP contribution is -2.31. The standard InChI is InChI=1S/C13H16N2O4/c1-8-4-5-19-12(8)13(18)15-10-3-2-9(14-7-10)6-11(16)17/h2-3,7-8,12H,4-6H2,1H3,(H,15,18)(H,16,17). The van der Waals surface area contributed by atoms with Gasteiger partial charge < -0.3 is 15.2 Å². The fourth-order valence-corrected chi connectivity index (χ4v) is 2.00. The second kappa shape index (κ2) is 5.79. The molecule has 1 fully saturated rings. The van der Waals surface area contributed by atoms with E-state index in [1.54, 1.807) is 12.1 Å². The molecule has 2 heterocycles. The van der Waals surface area contributed by atoms with Gasteiger partial charge in [-0.25, -0.2) is 0 Å². The first-order valence-electron chi connectivity index (χ1n) is 6.15. The minimum absolute atomic E-state index is 0.128. The molecule has 0 aromatic carbocycles. The van der Waals surface area contributed by atoms with Crippen molar-refractivity contribution in [3.05, 3.63) is 24.0 Å². The molecule has 2 unspecified atom stereocenters. The van der Waals surface area contributed by atoms with Crippen molar-refractivity contribution in [1.82, 2.24) is 4.98 Å². The van der Waals surface area contributed by atoms with Crippen molar-refractivity contribution in [2.24, 2.45) is 5.92 Å². The van der Waals surface area contributed by atoms with Crippen molar-refractivity contribution in [3.63, 3.8) is 0 Å². The van der Waals surface area contributed by atoms with Gasteiger partial charge in [-0.3, -0.25) is 14.6 Å². The van der Waals surface area contributed by atoms with E-state index in [0.717, 1.165) is 6.42 Å². The van der Waals surface area contributed by atoms with Gasteiger partial charge in [0.05, 0.1) is 24.0 Å². The number of anilines is 1. The monoisotopic (exact) mass is 264 g/mol. The first kappa shape index (κ1) is 13.5. The molecule has 1 saturated heterocycles. The lowest BCUT2D eigenvalue weighted by Gasteiger charge is -2.14. The van der Waals surface area contributed by atoms with Gasteiger partial charge in [-0.15, -0.1) is 0 Å². The summed E-state index contributed by atoms with van der Waals surface area (Å²) in [4.78, 5) is 26.4. The molecule has 0 spiro atoms. The van der Waals surface area contributed by atoms with Crippen LogP contribution in [0.1, 0.15) is 19.0 Å². The van der Waals surface area contributed by atoms with Crippen LogP contribution in [0.15, 0.2) is 18.3 Å². The molecule has 19 heavy (non-hydrogen) atoms. The highest BCUT2D eigenvalue weighted by Crippen LogP contribution is 2.21. The summed E-state index contributed by atoms with van der Waals surface area (Å²) in [6.07, 6.45) is 1.79. The summed E-state index contributed by atoms with van der Waals surface area (Å²) < 4.78 is 5.37. The highest BCUT2D eigenvalue weighted by atomic mass is 16.5. The van der Waals surface area contributed by atoms with Gasteiger partial charge >= 0.3 is 5.97 Å². The molecule has 6 heteroatoms. The fourth-order valence-electron chi connectivity index (χ4n) is 2.00. The van der Waals surface area contributed by atoms with E-state index in [-0.39, 0.29) is 18.2 Å². The zero-order valence-corrected chi connectivity index (χ0v) is 10.6. The maximum atomic E-state index is 11.9. The third-order valence-corrected chi connectivity index (χ3v) is 3.07. The number of hydrogen-bond acceptors (Lipinski definition) is 4. The molecule has 1 aliphatic rings. The Morgan fingerprint density at radius 3 is 2.84 bits per heavy atom. The van der Waals surface area contributed by atoms with Crippen LogP contribution in [0.25, 0.3) is 0 Å². The Bertz CT molecular complexity index is 472. The van der Waals surface area contributed by atoms with Crippen LogP contribution in [-0.2, 0) is 20.7 Å². The predicted octanol–water partition coefficient (Wildman–Crippen LogP) is 1.07. The Hall–Kier alpha value is -1.95. The van der Waals surface area contributed by atoms with Crippen LogP contribution in [-0.4, -0.2) is 34.7 Å². The number of rotatable bonds is 4. The van der Waals surface area contributed by atoms with Gasteiger partial charge in [-0.1, -0.05) is 6.92 Å². The number of amides is 1. The molecular formula is C13H16N2O4. The quantitative estimate of drug-likeness (QED) is 0.849. The third-order valence-electron chi connectivity index (χ3n) is 3.07. The molecule has 1 amide bonds. The number of pyridine rings is 1. The van der Waals surface area contributed by atoms with Crippen molar-refractivity contribution < 1.29 is 19.4 Å². The number of carbonyl (C=O) groups excluding carboxylic acids is 1. The smallest absolute Gasteiger partial charge is 0.309 e. The Morgan fingerprint density at radius 1 is 1.53 bits per heavy atom. The number of carbonyl (C=O) groups is 2. The minimum Gasteiger partial charge on any atom is -0.481 e. The van der Waals surface area contributed by atoms with Crippen LogP contribution in [0.4, 0.5) is 5.69 Å². The summed E-state index contributed by atoms with van der Waals surface area (Å²) in [6, 6.07) is 3.23. The zero-order valence-electron chi connectivity index (χ0n) is 10.6. The van der Waals surface area contributed by atoms with Crippen LogP contribution >= 0.6 is 0 Å². The first-order valence-corrected chi connectivity index (χ1v) is 6.15. The van der Waals surface area contributed by atoms with E-state index in [1.165, 1.54) is 6.20 Å². The Morgan fingerprint density at radius 2 is 2.32 bits per heavy atom. The Labute approximate surface area is 110 Å². The van der Waals surface area contributed by atoms with Gasteiger partial charge in [0.1, 0.15) is 6.10 Å². The van der Waals surface area contributed by atoms with Crippen molar-refractivity contribution in [1.29, 1.82) is 0 Å². The van der Waals surface area contributed by atoms with Crippen molar-refractivity contribution in [3.8, 4) is 0 Å². The molecule has 1 aromatic rings. The first-order chi connectivity index (χ1) is 9.06. The maximum Gasteiger partial charge on any atom is 0.309 e. The lowest BCUT2D eigenvalue weighted by atomic mass is 10.0. The van der Waals surface area contributed by atoms with Crippen molar-refractivity contribution >= 4 is 17.6 Å². The van der Waals surface area contributed by atoms with Crippen molar-refractivity contribution in [2.45, 2.75) is 25.9 Å². The Kier molecular flexibility index (Phi) is 4.11. The lowest BCUT2D eigenvalue weighted by molar-refractivity contribution is -0.136. The van der Waals surface area contributed by atoms with E-state index in [0.29, 0.717) is 18.0 Å². The molecule has 2 rings (SSSR count). The molecule has 2 atom stereocenters. The molecule has 1 aliphatic heterocycles. The predicted molar refractivity (Wildman–Crippen MR) is 67.7 cm³/mol. The van der Waals surface area contributed by atoms with Crippen LogP contribution in [0.3, 0.4) is 0 Å². The van der Waals surface area contributed by atoms with Crippen LogP contribution in [0, 0.1) is 5.92 Å². The second-order valence-corrected chi connectivity index (χ2v) is 4.66. The topological polar surface area (TPSA) is 88.5 Å². The van der Waals surface area contributed by atoms with Gasteiger partial charge in [-0.05, 0) is 24.5 Å². The van der Waals surface area contributed by atoms with Crippen LogP contribution in [0.2, 0.25) is 0 Å². The molecule has 0 saturated carbocycles. The maximum absolute atomic E-state index is 11.9. The summed E-state index contributed by atoms with van der Waals surface area (Å²) in [7, 11) is 0. The second-order valence-electron chi connectivity index (χ2n) is 4.66. The van der Waals surface area contributed by atoms with Crippen LogP contribution < -0.4 is 5.32 Å². The molecule has 0 bridgehead atoms. The number of ether oxygens (including phenoxy) is 1. The van der Waals surface area contributed by atoms with Crippen molar-refractivity contribution in [2.75, 3.05) is 11.9 Å². The molecule has 0 aliphatic carbocycles. The number of aliphatic carboxylic acids is 1. The molecule has 1 aromatic heterocycles. The number of nitrogens with zero attached hydrogens (tertiary/aromatic N) is 1. The molecule has 2 N–H and O–H groups in total. The minimum atomic E-state index is -0.933. The highest BCUT2D eigenvalue weighted by Gasteiger charge is 2.30. The zero-order chi connectivity index (χ0) is 13.8. The van der Waals surface area contributed by atoms with E-state index in [4.69, 9.17) is 9.84 Å². The number of carboxylic acid groups (broad SMARTS) is 1. The summed E-state index contributed by atoms with van der Waals surface area (Å²) >= 11 is 0. The number of nitrogens with one attached hydrogen (secondary N) is 1. The number of carboxylic acids is 1. The van der Waals surface area contributed by atoms with E-state index in [2.05, 4.69) is 10.3 Å². The average Bonchev–Trinajstić information content (AvgIpc) is 2.77. The summed E-state index contributed by atoms with van der Waals surface area (Å²) in [5.74, 6) is -0.908. The van der Waals surface area contributed by atoms with E-state index in [1.807, 2.05) is 6.92 Å². The molecule has 0 radical (unpaired) electrons.